The molecule has 2 aromatic rings. The summed E-state index contributed by atoms with van der Waals surface area (Å²) in [4.78, 5) is 12.3. The molecule has 0 unspecified atom stereocenters. The van der Waals surface area contributed by atoms with E-state index in [9.17, 15) is 23.1 Å². The normalized spacial score (nSPS) is 11.1. The van der Waals surface area contributed by atoms with E-state index in [1.807, 2.05) is 0 Å². The van der Waals surface area contributed by atoms with Crippen LogP contribution in [0.4, 0.5) is 35.0 Å². The Morgan fingerprint density at radius 2 is 1.72 bits per heavy atom. The Morgan fingerprint density at radius 3 is 2.34 bits per heavy atom. The van der Waals surface area contributed by atoms with Gasteiger partial charge in [0, 0.05) is 44.6 Å². The van der Waals surface area contributed by atoms with Crippen molar-refractivity contribution < 1.29 is 32.9 Å². The maximum absolute atomic E-state index is 12.6. The Kier molecular flexibility index (Phi) is 8.14. The van der Waals surface area contributed by atoms with Crippen LogP contribution in [0.1, 0.15) is 5.56 Å². The van der Waals surface area contributed by atoms with Gasteiger partial charge in [0.2, 0.25) is 0 Å². The summed E-state index contributed by atoms with van der Waals surface area (Å²) in [5.74, 6) is -0.544. The average molecular weight is 543 g/mol. The molecule has 158 valence electrons. The smallest absolute Gasteiger partial charge is 0.406 e. The highest BCUT2D eigenvalue weighted by Gasteiger charge is 2.31. The second kappa shape index (κ2) is 10.1. The number of halogens is 5. The van der Waals surface area contributed by atoms with Crippen molar-refractivity contribution in [2.75, 3.05) is 29.1 Å². The molecule has 0 aliphatic heterocycles. The molecule has 0 heterocycles. The lowest BCUT2D eigenvalue weighted by atomic mass is 10.2. The number of alkyl halides is 3. The number of ether oxygens (including phenoxy) is 1. The van der Waals surface area contributed by atoms with Crippen molar-refractivity contribution in [1.29, 1.82) is 0 Å². The highest BCUT2D eigenvalue weighted by atomic mass is 79.9. The maximum atomic E-state index is 12.6. The number of amides is 2. The predicted molar refractivity (Wildman–Crippen MR) is 109 cm³/mol. The van der Waals surface area contributed by atoms with Crippen LogP contribution in [0, 0.1) is 0 Å². The first kappa shape index (κ1) is 23.3. The third-order valence-corrected chi connectivity index (χ3v) is 4.57. The monoisotopic (exact) mass is 541 g/mol. The van der Waals surface area contributed by atoms with E-state index in [4.69, 9.17) is 5.11 Å². The van der Waals surface area contributed by atoms with Gasteiger partial charge in [0.25, 0.3) is 0 Å². The predicted octanol–water partition coefficient (Wildman–Crippen LogP) is 4.65. The van der Waals surface area contributed by atoms with Crippen LogP contribution in [0.3, 0.4) is 0 Å². The first-order valence-electron chi connectivity index (χ1n) is 8.03. The molecule has 2 amide bonds. The van der Waals surface area contributed by atoms with E-state index in [0.717, 1.165) is 12.1 Å². The van der Waals surface area contributed by atoms with Gasteiger partial charge in [-0.3, -0.25) is 0 Å². The average Bonchev–Trinajstić information content (AvgIpc) is 2.57. The van der Waals surface area contributed by atoms with Crippen LogP contribution in [0.5, 0.6) is 5.75 Å². The Bertz CT molecular complexity index is 882. The summed E-state index contributed by atoms with van der Waals surface area (Å²) in [6, 6.07) is 5.96. The Hall–Kier alpha value is -2.02. The molecule has 0 aliphatic rings. The number of urea groups is 1. The second-order valence-electron chi connectivity index (χ2n) is 5.60. The largest absolute Gasteiger partial charge is 0.573 e. The minimum atomic E-state index is -4.91. The van der Waals surface area contributed by atoms with Crippen molar-refractivity contribution in [3.8, 4) is 5.75 Å². The molecule has 5 N–H and O–H groups in total. The fraction of sp³-hybridized carbons (Fsp3) is 0.235. The van der Waals surface area contributed by atoms with Crippen molar-refractivity contribution in [1.82, 2.24) is 0 Å². The van der Waals surface area contributed by atoms with Crippen molar-refractivity contribution in [3.63, 3.8) is 0 Å². The highest BCUT2D eigenvalue weighted by Crippen LogP contribution is 2.31. The van der Waals surface area contributed by atoms with Gasteiger partial charge in [-0.15, -0.1) is 13.2 Å². The van der Waals surface area contributed by atoms with Crippen LogP contribution in [0.2, 0.25) is 0 Å². The van der Waals surface area contributed by atoms with Gasteiger partial charge < -0.3 is 30.9 Å². The lowest BCUT2D eigenvalue weighted by Crippen LogP contribution is -2.21. The molecule has 0 aliphatic carbocycles. The van der Waals surface area contributed by atoms with Crippen molar-refractivity contribution in [2.24, 2.45) is 0 Å². The summed E-state index contributed by atoms with van der Waals surface area (Å²) >= 11 is 6.54. The standard InChI is InChI=1S/C17H16Br2F3N3O4/c18-9-3-14(19)13(8-27)15(4-9)25-16(28)24-11-5-10(23-1-2-26)6-12(7-11)29-17(20,21)22/h3-7,23,26-27H,1-2,8H2,(H2,24,25,28). The van der Waals surface area contributed by atoms with Gasteiger partial charge in [-0.25, -0.2) is 4.79 Å². The number of carbonyl (C=O) groups excluding carboxylic acids is 1. The molecule has 12 heteroatoms. The fourth-order valence-electron chi connectivity index (χ4n) is 2.33. The zero-order valence-electron chi connectivity index (χ0n) is 14.6. The molecule has 2 rings (SSSR count). The molecule has 0 radical (unpaired) electrons. The lowest BCUT2D eigenvalue weighted by Gasteiger charge is -2.15. The summed E-state index contributed by atoms with van der Waals surface area (Å²) in [5, 5.41) is 26.0. The molecule has 0 atom stereocenters. The van der Waals surface area contributed by atoms with Crippen molar-refractivity contribution >= 4 is 55.0 Å². The first-order chi connectivity index (χ1) is 13.6. The SMILES string of the molecule is O=C(Nc1cc(NCCO)cc(OC(F)(F)F)c1)Nc1cc(Br)cc(Br)c1CO. The van der Waals surface area contributed by atoms with Gasteiger partial charge in [-0.05, 0) is 18.2 Å². The number of aliphatic hydroxyl groups is 2. The Morgan fingerprint density at radius 1 is 1.03 bits per heavy atom. The molecule has 0 saturated heterocycles. The van der Waals surface area contributed by atoms with Gasteiger partial charge in [-0.1, -0.05) is 31.9 Å². The molecule has 0 bridgehead atoms. The van der Waals surface area contributed by atoms with Crippen LogP contribution in [0.25, 0.3) is 0 Å². The highest BCUT2D eigenvalue weighted by molar-refractivity contribution is 9.11. The minimum absolute atomic E-state index is 0.0179. The molecule has 0 saturated carbocycles. The van der Waals surface area contributed by atoms with E-state index in [0.29, 0.717) is 20.2 Å². The molecule has 0 fully saturated rings. The van der Waals surface area contributed by atoms with Crippen LogP contribution >= 0.6 is 31.9 Å². The molecule has 0 spiro atoms. The summed E-state index contributed by atoms with van der Waals surface area (Å²) in [5.41, 5.74) is 0.942. The Balaban J connectivity index is 2.23. The first-order valence-corrected chi connectivity index (χ1v) is 9.62. The maximum Gasteiger partial charge on any atom is 0.573 e. The van der Waals surface area contributed by atoms with E-state index < -0.39 is 18.1 Å². The number of benzene rings is 2. The quantitative estimate of drug-likeness (QED) is 0.350. The van der Waals surface area contributed by atoms with E-state index in [2.05, 4.69) is 52.5 Å². The third-order valence-electron chi connectivity index (χ3n) is 3.41. The zero-order chi connectivity index (χ0) is 21.6. The zero-order valence-corrected chi connectivity index (χ0v) is 17.8. The summed E-state index contributed by atoms with van der Waals surface area (Å²) in [6.45, 7) is -0.504. The number of hydrogen-bond acceptors (Lipinski definition) is 5. The van der Waals surface area contributed by atoms with Gasteiger partial charge in [0.1, 0.15) is 5.75 Å². The number of rotatable bonds is 7. The summed E-state index contributed by atoms with van der Waals surface area (Å²) in [7, 11) is 0. The van der Waals surface area contributed by atoms with Crippen LogP contribution in [-0.4, -0.2) is 35.8 Å². The van der Waals surface area contributed by atoms with E-state index in [1.165, 1.54) is 6.07 Å². The molecule has 29 heavy (non-hydrogen) atoms. The fourth-order valence-corrected chi connectivity index (χ4v) is 3.68. The second-order valence-corrected chi connectivity index (χ2v) is 7.37. The molecule has 7 nitrogen and oxygen atoms in total. The van der Waals surface area contributed by atoms with Crippen molar-refractivity contribution in [3.05, 3.63) is 44.8 Å². The van der Waals surface area contributed by atoms with Crippen LogP contribution in [-0.2, 0) is 6.61 Å². The van der Waals surface area contributed by atoms with Gasteiger partial charge >= 0.3 is 12.4 Å². The number of aliphatic hydroxyl groups excluding tert-OH is 2. The summed E-state index contributed by atoms with van der Waals surface area (Å²) < 4.78 is 42.8. The molecule has 2 aromatic carbocycles. The van der Waals surface area contributed by atoms with Gasteiger partial charge in [0.05, 0.1) is 18.9 Å². The molecular formula is C17H16Br2F3N3O4. The molecular weight excluding hydrogens is 527 g/mol. The van der Waals surface area contributed by atoms with Gasteiger partial charge in [0.15, 0.2) is 0 Å². The van der Waals surface area contributed by atoms with Gasteiger partial charge in [-0.2, -0.15) is 0 Å². The Labute approximate surface area is 180 Å². The van der Waals surface area contributed by atoms with E-state index in [-0.39, 0.29) is 31.1 Å². The number of nitrogens with one attached hydrogen (secondary N) is 3. The number of anilines is 3. The van der Waals surface area contributed by atoms with E-state index >= 15 is 0 Å². The third kappa shape index (κ3) is 7.38. The topological polar surface area (TPSA) is 103 Å². The summed E-state index contributed by atoms with van der Waals surface area (Å²) in [6.07, 6.45) is -4.91. The number of hydrogen-bond donors (Lipinski definition) is 5. The van der Waals surface area contributed by atoms with Crippen LogP contribution < -0.4 is 20.7 Å². The van der Waals surface area contributed by atoms with E-state index in [1.54, 1.807) is 12.1 Å². The van der Waals surface area contributed by atoms with Crippen LogP contribution in [0.15, 0.2) is 39.3 Å². The minimum Gasteiger partial charge on any atom is -0.406 e. The van der Waals surface area contributed by atoms with Crippen molar-refractivity contribution in [2.45, 2.75) is 13.0 Å². The molecule has 0 aromatic heterocycles. The lowest BCUT2D eigenvalue weighted by molar-refractivity contribution is -0.274. The number of carbonyl (C=O) groups is 1.